The van der Waals surface area contributed by atoms with Gasteiger partial charge in [-0.05, 0) is 77.9 Å². The van der Waals surface area contributed by atoms with Crippen molar-refractivity contribution in [3.63, 3.8) is 0 Å². The van der Waals surface area contributed by atoms with Crippen LogP contribution in [0.2, 0.25) is 0 Å². The summed E-state index contributed by atoms with van der Waals surface area (Å²) in [6, 6.07) is 76.4. The summed E-state index contributed by atoms with van der Waals surface area (Å²) in [5.74, 6) is 0. The summed E-state index contributed by atoms with van der Waals surface area (Å²) in [6.45, 7) is 0. The molecule has 50 heavy (non-hydrogen) atoms. The second-order valence-corrected chi connectivity index (χ2v) is 13.6. The second-order valence-electron chi connectivity index (χ2n) is 13.6. The van der Waals surface area contributed by atoms with Crippen molar-refractivity contribution in [2.75, 3.05) is 0 Å². The minimum Gasteiger partial charge on any atom is -0.0622 e. The third kappa shape index (κ3) is 3.88. The van der Waals surface area contributed by atoms with Crippen LogP contribution in [-0.4, -0.2) is 0 Å². The van der Waals surface area contributed by atoms with Crippen molar-refractivity contribution in [2.24, 2.45) is 0 Å². The quantitative estimate of drug-likeness (QED) is 0.177. The summed E-state index contributed by atoms with van der Waals surface area (Å²) in [4.78, 5) is 0. The molecule has 0 aliphatic heterocycles. The Morgan fingerprint density at radius 1 is 0.200 bits per heavy atom. The topological polar surface area (TPSA) is 0 Å². The van der Waals surface area contributed by atoms with E-state index in [-0.39, 0.29) is 10.8 Å². The molecular formula is C50H34. The fourth-order valence-corrected chi connectivity index (χ4v) is 9.25. The fraction of sp³-hybridized carbons (Fsp3) is 0.0400. The largest absolute Gasteiger partial charge is 0.0713 e. The summed E-state index contributed by atoms with van der Waals surface area (Å²) in [7, 11) is 0. The minimum atomic E-state index is -0.387. The monoisotopic (exact) mass is 634 g/mol. The summed E-state index contributed by atoms with van der Waals surface area (Å²) < 4.78 is 0. The Morgan fingerprint density at radius 2 is 0.440 bits per heavy atom. The third-order valence-electron chi connectivity index (χ3n) is 11.3. The molecule has 0 heteroatoms. The van der Waals surface area contributed by atoms with E-state index >= 15 is 0 Å². The lowest BCUT2D eigenvalue weighted by molar-refractivity contribution is 0.768. The summed E-state index contributed by atoms with van der Waals surface area (Å²) in [5.41, 5.74) is 17.4. The average Bonchev–Trinajstić information content (AvgIpc) is 3.68. The van der Waals surface area contributed by atoms with E-state index < -0.39 is 0 Å². The van der Waals surface area contributed by atoms with Crippen LogP contribution in [0.3, 0.4) is 0 Å². The van der Waals surface area contributed by atoms with Gasteiger partial charge in [-0.1, -0.05) is 206 Å². The van der Waals surface area contributed by atoms with Crippen molar-refractivity contribution in [3.05, 3.63) is 251 Å². The minimum absolute atomic E-state index is 0.387. The second kappa shape index (κ2) is 11.2. The highest BCUT2D eigenvalue weighted by Crippen LogP contribution is 2.57. The van der Waals surface area contributed by atoms with E-state index in [2.05, 4.69) is 206 Å². The predicted octanol–water partition coefficient (Wildman–Crippen LogP) is 12.1. The maximum Gasteiger partial charge on any atom is 0.0713 e. The Balaban J connectivity index is 1.11. The molecule has 0 heterocycles. The molecule has 2 aliphatic carbocycles. The van der Waals surface area contributed by atoms with E-state index in [1.54, 1.807) is 0 Å². The molecule has 10 rings (SSSR count). The standard InChI is InChI=1S/C50H34/c1-3-15-37(16-4-1)49(45-23-11-7-19-41(45)42-20-8-12-24-46(42)49)39-31-27-35(28-32-39)36-29-33-40(34-30-36)50(38-17-5-2-6-18-38)47-25-13-9-21-43(47)44-22-10-14-26-48(44)50/h1-34H. The molecule has 2 aliphatic rings. The maximum absolute atomic E-state index is 2.35. The van der Waals surface area contributed by atoms with Gasteiger partial charge in [-0.3, -0.25) is 0 Å². The molecule has 8 aromatic carbocycles. The van der Waals surface area contributed by atoms with Crippen molar-refractivity contribution < 1.29 is 0 Å². The van der Waals surface area contributed by atoms with Crippen molar-refractivity contribution in [3.8, 4) is 33.4 Å². The van der Waals surface area contributed by atoms with Gasteiger partial charge < -0.3 is 0 Å². The first-order valence-electron chi connectivity index (χ1n) is 17.5. The van der Waals surface area contributed by atoms with Crippen LogP contribution < -0.4 is 0 Å². The molecule has 0 unspecified atom stereocenters. The Bertz CT molecular complexity index is 2230. The van der Waals surface area contributed by atoms with Crippen molar-refractivity contribution >= 4 is 0 Å². The molecule has 0 spiro atoms. The number of hydrogen-bond donors (Lipinski definition) is 0. The fourth-order valence-electron chi connectivity index (χ4n) is 9.25. The molecule has 0 bridgehead atoms. The first-order valence-corrected chi connectivity index (χ1v) is 17.5. The van der Waals surface area contributed by atoms with Crippen LogP contribution in [0.15, 0.2) is 206 Å². The van der Waals surface area contributed by atoms with Crippen LogP contribution in [0, 0.1) is 0 Å². The lowest BCUT2D eigenvalue weighted by Gasteiger charge is -2.34. The lowest BCUT2D eigenvalue weighted by Crippen LogP contribution is -2.28. The van der Waals surface area contributed by atoms with E-state index in [0.717, 1.165) is 0 Å². The molecule has 0 saturated heterocycles. The summed E-state index contributed by atoms with van der Waals surface area (Å²) >= 11 is 0. The van der Waals surface area contributed by atoms with Crippen LogP contribution in [0.4, 0.5) is 0 Å². The highest BCUT2D eigenvalue weighted by molar-refractivity contribution is 5.88. The van der Waals surface area contributed by atoms with Crippen molar-refractivity contribution in [1.29, 1.82) is 0 Å². The Kier molecular flexibility index (Phi) is 6.41. The van der Waals surface area contributed by atoms with Gasteiger partial charge in [0.25, 0.3) is 0 Å². The molecule has 0 aromatic heterocycles. The third-order valence-corrected chi connectivity index (χ3v) is 11.3. The summed E-state index contributed by atoms with van der Waals surface area (Å²) in [6.07, 6.45) is 0. The van der Waals surface area contributed by atoms with Gasteiger partial charge >= 0.3 is 0 Å². The van der Waals surface area contributed by atoms with E-state index in [0.29, 0.717) is 0 Å². The SMILES string of the molecule is c1ccc(C2(c3ccc(-c4ccc(C5(c6ccccc6)c6ccccc6-c6ccccc65)cc4)cc3)c3ccccc3-c3ccccc32)cc1. The Labute approximate surface area is 294 Å². The molecular weight excluding hydrogens is 601 g/mol. The molecule has 0 radical (unpaired) electrons. The zero-order chi connectivity index (χ0) is 33.1. The average molecular weight is 635 g/mol. The first-order chi connectivity index (χ1) is 24.8. The smallest absolute Gasteiger partial charge is 0.0622 e. The Morgan fingerprint density at radius 3 is 0.740 bits per heavy atom. The van der Waals surface area contributed by atoms with Gasteiger partial charge in [0.1, 0.15) is 0 Å². The molecule has 0 nitrogen and oxygen atoms in total. The van der Waals surface area contributed by atoms with Crippen LogP contribution in [0.1, 0.15) is 44.5 Å². The van der Waals surface area contributed by atoms with Gasteiger partial charge in [-0.15, -0.1) is 0 Å². The lowest BCUT2D eigenvalue weighted by atomic mass is 9.67. The predicted molar refractivity (Wildman–Crippen MR) is 206 cm³/mol. The van der Waals surface area contributed by atoms with Crippen LogP contribution in [0.25, 0.3) is 33.4 Å². The number of benzene rings is 8. The molecule has 0 amide bonds. The Hall–Kier alpha value is -6.24. The van der Waals surface area contributed by atoms with E-state index in [9.17, 15) is 0 Å². The van der Waals surface area contributed by atoms with Gasteiger partial charge in [-0.2, -0.15) is 0 Å². The van der Waals surface area contributed by atoms with E-state index in [1.807, 2.05) is 0 Å². The van der Waals surface area contributed by atoms with Gasteiger partial charge in [0.15, 0.2) is 0 Å². The molecule has 0 N–H and O–H groups in total. The molecule has 8 aromatic rings. The van der Waals surface area contributed by atoms with Crippen molar-refractivity contribution in [1.82, 2.24) is 0 Å². The number of hydrogen-bond acceptors (Lipinski definition) is 0. The van der Waals surface area contributed by atoms with Crippen LogP contribution in [-0.2, 0) is 10.8 Å². The number of fused-ring (bicyclic) bond motifs is 6. The van der Waals surface area contributed by atoms with Gasteiger partial charge in [-0.25, -0.2) is 0 Å². The molecule has 234 valence electrons. The van der Waals surface area contributed by atoms with Crippen LogP contribution in [0.5, 0.6) is 0 Å². The normalized spacial score (nSPS) is 14.3. The highest BCUT2D eigenvalue weighted by atomic mass is 14.5. The zero-order valence-electron chi connectivity index (χ0n) is 27.6. The van der Waals surface area contributed by atoms with E-state index in [1.165, 1.54) is 77.9 Å². The van der Waals surface area contributed by atoms with Gasteiger partial charge in [0.2, 0.25) is 0 Å². The first kappa shape index (κ1) is 28.7. The zero-order valence-corrected chi connectivity index (χ0v) is 27.6. The molecule has 0 atom stereocenters. The molecule has 0 saturated carbocycles. The maximum atomic E-state index is 2.35. The van der Waals surface area contributed by atoms with Crippen molar-refractivity contribution in [2.45, 2.75) is 10.8 Å². The van der Waals surface area contributed by atoms with Crippen LogP contribution >= 0.6 is 0 Å². The number of rotatable bonds is 5. The van der Waals surface area contributed by atoms with E-state index in [4.69, 9.17) is 0 Å². The van der Waals surface area contributed by atoms with Gasteiger partial charge in [0, 0.05) is 0 Å². The highest BCUT2D eigenvalue weighted by Gasteiger charge is 2.47. The molecule has 0 fully saturated rings. The van der Waals surface area contributed by atoms with Gasteiger partial charge in [0.05, 0.1) is 10.8 Å². The summed E-state index contributed by atoms with van der Waals surface area (Å²) in [5, 5.41) is 0.